The van der Waals surface area contributed by atoms with Gasteiger partial charge in [-0.05, 0) is 40.3 Å². The molecule has 2 heteroatoms. The lowest BCUT2D eigenvalue weighted by molar-refractivity contribution is 0.354. The molecule has 0 amide bonds. The van der Waals surface area contributed by atoms with Gasteiger partial charge in [0, 0.05) is 19.1 Å². The summed E-state index contributed by atoms with van der Waals surface area (Å²) in [6, 6.07) is 0.653. The second-order valence-corrected chi connectivity index (χ2v) is 4.10. The van der Waals surface area contributed by atoms with Crippen LogP contribution in [-0.4, -0.2) is 38.1 Å². The summed E-state index contributed by atoms with van der Waals surface area (Å²) in [5.41, 5.74) is 1.65. The number of rotatable bonds is 4. The van der Waals surface area contributed by atoms with Crippen LogP contribution in [0.4, 0.5) is 0 Å². The Morgan fingerprint density at radius 1 is 1.62 bits per heavy atom. The van der Waals surface area contributed by atoms with E-state index in [1.807, 2.05) is 7.05 Å². The summed E-state index contributed by atoms with van der Waals surface area (Å²) in [7, 11) is 4.22. The molecule has 0 saturated heterocycles. The van der Waals surface area contributed by atoms with Crippen molar-refractivity contribution in [3.63, 3.8) is 0 Å². The van der Waals surface area contributed by atoms with E-state index in [1.165, 1.54) is 25.8 Å². The van der Waals surface area contributed by atoms with Crippen LogP contribution >= 0.6 is 0 Å². The van der Waals surface area contributed by atoms with Gasteiger partial charge in [-0.25, -0.2) is 0 Å². The molecule has 0 bridgehead atoms. The summed E-state index contributed by atoms with van der Waals surface area (Å²) in [6.45, 7) is 4.62. The van der Waals surface area contributed by atoms with Crippen molar-refractivity contribution in [2.45, 2.75) is 32.2 Å². The quantitative estimate of drug-likeness (QED) is 0.665. The van der Waals surface area contributed by atoms with Crippen LogP contribution in [0.3, 0.4) is 0 Å². The fourth-order valence-corrected chi connectivity index (χ4v) is 1.59. The molecule has 0 aliphatic carbocycles. The summed E-state index contributed by atoms with van der Waals surface area (Å²) >= 11 is 0. The molecule has 1 rings (SSSR count). The predicted octanol–water partition coefficient (Wildman–Crippen LogP) is 1.64. The van der Waals surface area contributed by atoms with Gasteiger partial charge in [0.05, 0.1) is 0 Å². The first kappa shape index (κ1) is 10.7. The van der Waals surface area contributed by atoms with Crippen LogP contribution < -0.4 is 5.32 Å². The fraction of sp³-hybridized carbons (Fsp3) is 0.818. The van der Waals surface area contributed by atoms with Crippen molar-refractivity contribution >= 4 is 0 Å². The first-order chi connectivity index (χ1) is 6.22. The second kappa shape index (κ2) is 5.40. The van der Waals surface area contributed by atoms with Gasteiger partial charge in [-0.15, -0.1) is 0 Å². The smallest absolute Gasteiger partial charge is 0.0162 e. The molecule has 0 aromatic heterocycles. The maximum absolute atomic E-state index is 3.28. The van der Waals surface area contributed by atoms with Gasteiger partial charge in [0.1, 0.15) is 0 Å². The van der Waals surface area contributed by atoms with E-state index in [0.29, 0.717) is 6.04 Å². The van der Waals surface area contributed by atoms with Gasteiger partial charge in [-0.3, -0.25) is 0 Å². The van der Waals surface area contributed by atoms with E-state index in [2.05, 4.69) is 30.3 Å². The zero-order chi connectivity index (χ0) is 9.68. The molecule has 76 valence electrons. The maximum Gasteiger partial charge on any atom is 0.0162 e. The molecule has 0 spiro atoms. The van der Waals surface area contributed by atoms with E-state index in [9.17, 15) is 0 Å². The molecule has 1 N–H and O–H groups in total. The van der Waals surface area contributed by atoms with Gasteiger partial charge in [0.25, 0.3) is 0 Å². The Bertz CT molecular complexity index is 175. The van der Waals surface area contributed by atoms with Crippen molar-refractivity contribution in [1.29, 1.82) is 0 Å². The third-order valence-electron chi connectivity index (χ3n) is 2.90. The average molecular weight is 182 g/mol. The molecule has 1 aliphatic rings. The number of hydrogen-bond acceptors (Lipinski definition) is 2. The summed E-state index contributed by atoms with van der Waals surface area (Å²) in [4.78, 5) is 2.37. The molecular weight excluding hydrogens is 160 g/mol. The average Bonchev–Trinajstić information content (AvgIpc) is 2.16. The van der Waals surface area contributed by atoms with Gasteiger partial charge >= 0.3 is 0 Å². The van der Waals surface area contributed by atoms with Crippen LogP contribution in [0.1, 0.15) is 26.2 Å². The Balaban J connectivity index is 2.22. The van der Waals surface area contributed by atoms with Crippen molar-refractivity contribution in [2.75, 3.05) is 27.2 Å². The number of nitrogens with one attached hydrogen (secondary N) is 1. The van der Waals surface area contributed by atoms with Gasteiger partial charge in [0.15, 0.2) is 0 Å². The van der Waals surface area contributed by atoms with Crippen molar-refractivity contribution < 1.29 is 0 Å². The Labute approximate surface area is 82.0 Å². The monoisotopic (exact) mass is 182 g/mol. The fourth-order valence-electron chi connectivity index (χ4n) is 1.59. The number of hydrogen-bond donors (Lipinski definition) is 1. The molecule has 13 heavy (non-hydrogen) atoms. The van der Waals surface area contributed by atoms with E-state index in [0.717, 1.165) is 6.54 Å². The first-order valence-corrected chi connectivity index (χ1v) is 5.26. The van der Waals surface area contributed by atoms with E-state index < -0.39 is 0 Å². The van der Waals surface area contributed by atoms with Gasteiger partial charge in [-0.1, -0.05) is 11.6 Å². The van der Waals surface area contributed by atoms with Crippen LogP contribution in [0.15, 0.2) is 11.6 Å². The maximum atomic E-state index is 3.28. The van der Waals surface area contributed by atoms with Crippen molar-refractivity contribution in [1.82, 2.24) is 10.2 Å². The molecule has 0 aromatic carbocycles. The van der Waals surface area contributed by atoms with E-state index in [4.69, 9.17) is 0 Å². The lowest BCUT2D eigenvalue weighted by Crippen LogP contribution is -2.25. The zero-order valence-corrected chi connectivity index (χ0v) is 9.14. The minimum absolute atomic E-state index is 0.653. The topological polar surface area (TPSA) is 15.3 Å². The normalized spacial score (nSPS) is 21.3. The minimum atomic E-state index is 0.653. The molecule has 1 unspecified atom stereocenters. The molecular formula is C11H22N2. The van der Waals surface area contributed by atoms with Crippen LogP contribution in [0.25, 0.3) is 0 Å². The molecule has 2 nitrogen and oxygen atoms in total. The first-order valence-electron chi connectivity index (χ1n) is 5.26. The lowest BCUT2D eigenvalue weighted by atomic mass is 10.0. The van der Waals surface area contributed by atoms with E-state index in [-0.39, 0.29) is 0 Å². The minimum Gasteiger partial charge on any atom is -0.317 e. The third-order valence-corrected chi connectivity index (χ3v) is 2.90. The van der Waals surface area contributed by atoms with Crippen molar-refractivity contribution in [3.8, 4) is 0 Å². The van der Waals surface area contributed by atoms with E-state index >= 15 is 0 Å². The highest BCUT2D eigenvalue weighted by molar-refractivity contribution is 5.07. The Kier molecular flexibility index (Phi) is 4.46. The third kappa shape index (κ3) is 3.92. The SMILES string of the molecule is CNC(C)CCC1=CCN(C)CC1. The molecule has 0 fully saturated rings. The summed E-state index contributed by atoms with van der Waals surface area (Å²) < 4.78 is 0. The Morgan fingerprint density at radius 3 is 2.92 bits per heavy atom. The molecule has 1 aliphatic heterocycles. The Morgan fingerprint density at radius 2 is 2.38 bits per heavy atom. The van der Waals surface area contributed by atoms with E-state index in [1.54, 1.807) is 5.57 Å². The molecule has 0 aromatic rings. The van der Waals surface area contributed by atoms with Crippen LogP contribution in [-0.2, 0) is 0 Å². The van der Waals surface area contributed by atoms with Crippen LogP contribution in [0.5, 0.6) is 0 Å². The summed E-state index contributed by atoms with van der Waals surface area (Å²) in [5, 5.41) is 3.28. The van der Waals surface area contributed by atoms with Gasteiger partial charge < -0.3 is 10.2 Å². The Hall–Kier alpha value is -0.340. The second-order valence-electron chi connectivity index (χ2n) is 4.10. The number of nitrogens with zero attached hydrogens (tertiary/aromatic N) is 1. The molecule has 0 saturated carbocycles. The van der Waals surface area contributed by atoms with Gasteiger partial charge in [0.2, 0.25) is 0 Å². The lowest BCUT2D eigenvalue weighted by Gasteiger charge is -2.22. The van der Waals surface area contributed by atoms with Crippen LogP contribution in [0, 0.1) is 0 Å². The standard InChI is InChI=1S/C11H22N2/c1-10(12-2)4-5-11-6-8-13(3)9-7-11/h6,10,12H,4-5,7-9H2,1-3H3. The predicted molar refractivity (Wildman–Crippen MR) is 58.0 cm³/mol. The van der Waals surface area contributed by atoms with Crippen molar-refractivity contribution in [2.24, 2.45) is 0 Å². The zero-order valence-electron chi connectivity index (χ0n) is 9.14. The van der Waals surface area contributed by atoms with Crippen molar-refractivity contribution in [3.05, 3.63) is 11.6 Å². The van der Waals surface area contributed by atoms with Gasteiger partial charge in [-0.2, -0.15) is 0 Å². The highest BCUT2D eigenvalue weighted by Gasteiger charge is 2.08. The van der Waals surface area contributed by atoms with Crippen LogP contribution in [0.2, 0.25) is 0 Å². The molecule has 1 atom stereocenters. The highest BCUT2D eigenvalue weighted by Crippen LogP contribution is 2.15. The summed E-state index contributed by atoms with van der Waals surface area (Å²) in [6.07, 6.45) is 6.21. The number of likely N-dealkylation sites (N-methyl/N-ethyl adjacent to an activating group) is 1. The largest absolute Gasteiger partial charge is 0.317 e. The molecule has 0 radical (unpaired) electrons. The highest BCUT2D eigenvalue weighted by atomic mass is 15.1. The summed E-state index contributed by atoms with van der Waals surface area (Å²) in [5.74, 6) is 0. The molecule has 1 heterocycles.